The minimum absolute atomic E-state index is 0.128. The van der Waals surface area contributed by atoms with Gasteiger partial charge in [-0.3, -0.25) is 4.79 Å². The van der Waals surface area contributed by atoms with Crippen molar-refractivity contribution in [3.8, 4) is 11.5 Å². The minimum atomic E-state index is -0.259. The number of nitrogens with one attached hydrogen (secondary N) is 1. The Balaban J connectivity index is 1.64. The van der Waals surface area contributed by atoms with Crippen LogP contribution in [-0.2, 0) is 11.3 Å². The molecule has 1 amide bonds. The van der Waals surface area contributed by atoms with Gasteiger partial charge in [0, 0.05) is 5.69 Å². The van der Waals surface area contributed by atoms with E-state index in [0.717, 1.165) is 11.1 Å². The van der Waals surface area contributed by atoms with Crippen LogP contribution in [0.25, 0.3) is 6.08 Å². The Kier molecular flexibility index (Phi) is 6.41. The van der Waals surface area contributed by atoms with Crippen molar-refractivity contribution in [3.63, 3.8) is 0 Å². The topological polar surface area (TPSA) is 78.3 Å². The number of rotatable bonds is 8. The highest BCUT2D eigenvalue weighted by Crippen LogP contribution is 2.28. The van der Waals surface area contributed by atoms with E-state index in [1.807, 2.05) is 55.5 Å². The Bertz CT molecular complexity index is 952. The molecule has 1 N–H and O–H groups in total. The number of carbonyl (C=O) groups excluding carboxylic acids is 1. The molecule has 0 aliphatic rings. The van der Waals surface area contributed by atoms with E-state index >= 15 is 0 Å². The van der Waals surface area contributed by atoms with Crippen molar-refractivity contribution in [2.45, 2.75) is 13.5 Å². The highest BCUT2D eigenvalue weighted by Gasteiger charge is 2.11. The lowest BCUT2D eigenvalue weighted by Gasteiger charge is -2.13. The number of allylic oxidation sites excluding steroid dienone is 1. The van der Waals surface area contributed by atoms with Crippen LogP contribution < -0.4 is 14.8 Å². The van der Waals surface area contributed by atoms with Gasteiger partial charge >= 0.3 is 0 Å². The van der Waals surface area contributed by atoms with Gasteiger partial charge in [0.1, 0.15) is 12.7 Å². The smallest absolute Gasteiger partial charge is 0.262 e. The fourth-order valence-electron chi connectivity index (χ4n) is 2.70. The summed E-state index contributed by atoms with van der Waals surface area (Å²) in [5.41, 5.74) is 2.63. The lowest BCUT2D eigenvalue weighted by molar-refractivity contribution is -0.118. The van der Waals surface area contributed by atoms with Gasteiger partial charge in [-0.25, -0.2) is 9.67 Å². The molecule has 28 heavy (non-hydrogen) atoms. The summed E-state index contributed by atoms with van der Waals surface area (Å²) in [4.78, 5) is 16.3. The molecule has 0 fully saturated rings. The Morgan fingerprint density at radius 1 is 1.21 bits per heavy atom. The molecule has 1 heterocycles. The summed E-state index contributed by atoms with van der Waals surface area (Å²) < 4.78 is 12.7. The van der Waals surface area contributed by atoms with Crippen molar-refractivity contribution >= 4 is 17.7 Å². The number of hydrogen-bond donors (Lipinski definition) is 1. The van der Waals surface area contributed by atoms with E-state index < -0.39 is 0 Å². The first kappa shape index (κ1) is 19.2. The van der Waals surface area contributed by atoms with Crippen molar-refractivity contribution in [1.29, 1.82) is 0 Å². The van der Waals surface area contributed by atoms with Gasteiger partial charge in [-0.2, -0.15) is 5.10 Å². The number of methoxy groups -OCH3 is 1. The second-order valence-corrected chi connectivity index (χ2v) is 6.00. The van der Waals surface area contributed by atoms with Crippen LogP contribution in [0.15, 0.2) is 61.2 Å². The molecule has 0 radical (unpaired) electrons. The molecule has 3 aromatic rings. The highest BCUT2D eigenvalue weighted by molar-refractivity contribution is 5.92. The minimum Gasteiger partial charge on any atom is -0.493 e. The zero-order valence-electron chi connectivity index (χ0n) is 15.8. The second kappa shape index (κ2) is 9.36. The van der Waals surface area contributed by atoms with Crippen LogP contribution in [0.1, 0.15) is 18.1 Å². The van der Waals surface area contributed by atoms with E-state index in [-0.39, 0.29) is 12.5 Å². The van der Waals surface area contributed by atoms with Gasteiger partial charge in [0.25, 0.3) is 5.91 Å². The van der Waals surface area contributed by atoms with E-state index in [4.69, 9.17) is 9.47 Å². The summed E-state index contributed by atoms with van der Waals surface area (Å²) in [6, 6.07) is 13.1. The maximum atomic E-state index is 12.4. The first-order valence-corrected chi connectivity index (χ1v) is 8.83. The lowest BCUT2D eigenvalue weighted by Crippen LogP contribution is -2.21. The SMILES string of the molecule is CC=Cc1ccc(OCC(=O)Nc2ccccc2Cn2cncn2)c(OC)c1. The number of anilines is 1. The maximum absolute atomic E-state index is 12.4. The van der Waals surface area contributed by atoms with Gasteiger partial charge < -0.3 is 14.8 Å². The molecular weight excluding hydrogens is 356 g/mol. The van der Waals surface area contributed by atoms with Gasteiger partial charge in [0.2, 0.25) is 0 Å². The maximum Gasteiger partial charge on any atom is 0.262 e. The van der Waals surface area contributed by atoms with Crippen LogP contribution in [0.3, 0.4) is 0 Å². The average molecular weight is 378 g/mol. The molecule has 3 rings (SSSR count). The van der Waals surface area contributed by atoms with Crippen LogP contribution in [0.2, 0.25) is 0 Å². The first-order chi connectivity index (χ1) is 13.7. The normalized spacial score (nSPS) is 10.8. The summed E-state index contributed by atoms with van der Waals surface area (Å²) in [7, 11) is 1.57. The number of ether oxygens (including phenoxy) is 2. The Morgan fingerprint density at radius 2 is 2.07 bits per heavy atom. The summed E-state index contributed by atoms with van der Waals surface area (Å²) >= 11 is 0. The molecule has 7 heteroatoms. The van der Waals surface area contributed by atoms with Gasteiger partial charge in [-0.15, -0.1) is 0 Å². The number of aromatic nitrogens is 3. The molecule has 144 valence electrons. The molecule has 0 spiro atoms. The zero-order valence-corrected chi connectivity index (χ0v) is 15.8. The quantitative estimate of drug-likeness (QED) is 0.650. The van der Waals surface area contributed by atoms with Crippen molar-refractivity contribution in [3.05, 3.63) is 72.3 Å². The van der Waals surface area contributed by atoms with E-state index in [1.54, 1.807) is 24.2 Å². The van der Waals surface area contributed by atoms with Crippen LogP contribution in [0, 0.1) is 0 Å². The lowest BCUT2D eigenvalue weighted by atomic mass is 10.1. The van der Waals surface area contributed by atoms with Crippen molar-refractivity contribution in [2.24, 2.45) is 0 Å². The third kappa shape index (κ3) is 4.97. The number of benzene rings is 2. The molecule has 0 bridgehead atoms. The Labute approximate surface area is 163 Å². The van der Waals surface area contributed by atoms with Crippen molar-refractivity contribution < 1.29 is 14.3 Å². The van der Waals surface area contributed by atoms with Crippen LogP contribution in [0.4, 0.5) is 5.69 Å². The Morgan fingerprint density at radius 3 is 2.82 bits per heavy atom. The summed E-state index contributed by atoms with van der Waals surface area (Å²) in [5, 5.41) is 6.98. The molecule has 7 nitrogen and oxygen atoms in total. The molecule has 2 aromatic carbocycles. The Hall–Kier alpha value is -3.61. The van der Waals surface area contributed by atoms with Crippen molar-refractivity contribution in [1.82, 2.24) is 14.8 Å². The molecule has 0 aliphatic carbocycles. The molecular formula is C21H22N4O3. The predicted octanol–water partition coefficient (Wildman–Crippen LogP) is 3.39. The number of nitrogens with zero attached hydrogens (tertiary/aromatic N) is 3. The second-order valence-electron chi connectivity index (χ2n) is 6.00. The number of para-hydroxylation sites is 1. The number of amides is 1. The van der Waals surface area contributed by atoms with Gasteiger partial charge in [-0.05, 0) is 36.2 Å². The van der Waals surface area contributed by atoms with Crippen molar-refractivity contribution in [2.75, 3.05) is 19.0 Å². The van der Waals surface area contributed by atoms with Gasteiger partial charge in [-0.1, -0.05) is 36.4 Å². The summed E-state index contributed by atoms with van der Waals surface area (Å²) in [6.07, 6.45) is 7.01. The third-order valence-electron chi connectivity index (χ3n) is 4.00. The van der Waals surface area contributed by atoms with Crippen LogP contribution in [-0.4, -0.2) is 34.4 Å². The first-order valence-electron chi connectivity index (χ1n) is 8.83. The zero-order chi connectivity index (χ0) is 19.8. The molecule has 0 saturated carbocycles. The predicted molar refractivity (Wildman–Crippen MR) is 107 cm³/mol. The van der Waals surface area contributed by atoms with E-state index in [9.17, 15) is 4.79 Å². The van der Waals surface area contributed by atoms with E-state index in [0.29, 0.717) is 23.7 Å². The molecule has 0 atom stereocenters. The van der Waals surface area contributed by atoms with Gasteiger partial charge in [0.05, 0.1) is 13.7 Å². The summed E-state index contributed by atoms with van der Waals surface area (Å²) in [6.45, 7) is 2.33. The molecule has 0 unspecified atom stereocenters. The largest absolute Gasteiger partial charge is 0.493 e. The molecule has 1 aromatic heterocycles. The fraction of sp³-hybridized carbons (Fsp3) is 0.190. The van der Waals surface area contributed by atoms with E-state index in [2.05, 4.69) is 15.4 Å². The van der Waals surface area contributed by atoms with E-state index in [1.165, 1.54) is 6.33 Å². The average Bonchev–Trinajstić information content (AvgIpc) is 3.22. The third-order valence-corrected chi connectivity index (χ3v) is 4.00. The highest BCUT2D eigenvalue weighted by atomic mass is 16.5. The molecule has 0 aliphatic heterocycles. The van der Waals surface area contributed by atoms with Crippen LogP contribution in [0.5, 0.6) is 11.5 Å². The number of hydrogen-bond acceptors (Lipinski definition) is 5. The standard InChI is InChI=1S/C21H22N4O3/c1-3-6-16-9-10-19(20(11-16)27-2)28-13-21(26)24-18-8-5-4-7-17(18)12-25-15-22-14-23-25/h3-11,14-15H,12-13H2,1-2H3,(H,24,26). The fourth-order valence-corrected chi connectivity index (χ4v) is 2.70. The summed E-state index contributed by atoms with van der Waals surface area (Å²) in [5.74, 6) is 0.836. The van der Waals surface area contributed by atoms with Gasteiger partial charge in [0.15, 0.2) is 18.1 Å². The monoisotopic (exact) mass is 378 g/mol. The molecule has 0 saturated heterocycles. The van der Waals surface area contributed by atoms with Crippen LogP contribution >= 0.6 is 0 Å². The number of carbonyl (C=O) groups is 1.